The molecule has 1 amide bonds. The summed E-state index contributed by atoms with van der Waals surface area (Å²) in [6.07, 6.45) is 4.52. The van der Waals surface area contributed by atoms with Crippen LogP contribution in [-0.4, -0.2) is 32.2 Å². The van der Waals surface area contributed by atoms with Crippen LogP contribution in [0.5, 0.6) is 11.5 Å². The van der Waals surface area contributed by atoms with Crippen LogP contribution in [0.25, 0.3) is 6.08 Å². The minimum absolute atomic E-state index is 0.393. The van der Waals surface area contributed by atoms with Crippen LogP contribution in [-0.2, 0) is 14.3 Å². The Labute approximate surface area is 158 Å². The molecule has 0 unspecified atom stereocenters. The number of hydrogen-bond acceptors (Lipinski definition) is 5. The van der Waals surface area contributed by atoms with E-state index in [1.807, 2.05) is 0 Å². The summed E-state index contributed by atoms with van der Waals surface area (Å²) in [4.78, 5) is 23.6. The Balaban J connectivity index is 1.80. The third-order valence-corrected chi connectivity index (χ3v) is 3.39. The van der Waals surface area contributed by atoms with Crippen molar-refractivity contribution in [2.45, 2.75) is 0 Å². The van der Waals surface area contributed by atoms with Gasteiger partial charge in [-0.05, 0) is 35.9 Å². The molecule has 0 aliphatic carbocycles. The molecule has 0 aliphatic rings. The van der Waals surface area contributed by atoms with Crippen molar-refractivity contribution in [3.8, 4) is 11.5 Å². The summed E-state index contributed by atoms with van der Waals surface area (Å²) in [6, 6.07) is 14.1. The molecule has 0 bridgehead atoms. The van der Waals surface area contributed by atoms with Gasteiger partial charge in [0.05, 0.1) is 12.8 Å². The van der Waals surface area contributed by atoms with Crippen LogP contribution < -0.4 is 14.8 Å². The summed E-state index contributed by atoms with van der Waals surface area (Å²) in [5, 5.41) is 2.63. The van der Waals surface area contributed by atoms with Crippen LogP contribution in [0.15, 0.2) is 67.3 Å². The third kappa shape index (κ3) is 6.70. The molecule has 0 saturated heterocycles. The monoisotopic (exact) mass is 367 g/mol. The maximum Gasteiger partial charge on any atom is 0.331 e. The van der Waals surface area contributed by atoms with Crippen molar-refractivity contribution in [3.63, 3.8) is 0 Å². The van der Waals surface area contributed by atoms with Gasteiger partial charge in [0.1, 0.15) is 18.1 Å². The zero-order chi connectivity index (χ0) is 19.5. The number of hydrogen-bond donors (Lipinski definition) is 1. The molecule has 0 saturated carbocycles. The first kappa shape index (κ1) is 19.8. The number of esters is 1. The summed E-state index contributed by atoms with van der Waals surface area (Å²) in [7, 11) is 1.51. The lowest BCUT2D eigenvalue weighted by atomic mass is 10.2. The van der Waals surface area contributed by atoms with Crippen molar-refractivity contribution in [2.24, 2.45) is 0 Å². The van der Waals surface area contributed by atoms with Crippen molar-refractivity contribution in [1.82, 2.24) is 0 Å². The van der Waals surface area contributed by atoms with Crippen molar-refractivity contribution in [1.29, 1.82) is 0 Å². The molecule has 0 heterocycles. The highest BCUT2D eigenvalue weighted by Gasteiger charge is 2.08. The number of carbonyl (C=O) groups is 2. The first-order valence-electron chi connectivity index (χ1n) is 8.24. The quantitative estimate of drug-likeness (QED) is 0.417. The Morgan fingerprint density at radius 1 is 1.11 bits per heavy atom. The van der Waals surface area contributed by atoms with E-state index in [2.05, 4.69) is 11.9 Å². The van der Waals surface area contributed by atoms with E-state index in [1.54, 1.807) is 60.7 Å². The molecular formula is C21H21NO5. The molecule has 2 aromatic rings. The lowest BCUT2D eigenvalue weighted by molar-refractivity contribution is -0.142. The average Bonchev–Trinajstić information content (AvgIpc) is 2.70. The molecule has 6 nitrogen and oxygen atoms in total. The number of para-hydroxylation sites is 2. The Morgan fingerprint density at radius 3 is 2.56 bits per heavy atom. The van der Waals surface area contributed by atoms with Gasteiger partial charge in [0.25, 0.3) is 5.91 Å². The predicted molar refractivity (Wildman–Crippen MR) is 104 cm³/mol. The molecular weight excluding hydrogens is 346 g/mol. The van der Waals surface area contributed by atoms with Crippen LogP contribution in [0.4, 0.5) is 5.69 Å². The Bertz CT molecular complexity index is 812. The molecule has 27 heavy (non-hydrogen) atoms. The smallest absolute Gasteiger partial charge is 0.331 e. The molecule has 0 aromatic heterocycles. The van der Waals surface area contributed by atoms with E-state index in [4.69, 9.17) is 14.2 Å². The van der Waals surface area contributed by atoms with E-state index >= 15 is 0 Å². The first-order chi connectivity index (χ1) is 13.1. The third-order valence-electron chi connectivity index (χ3n) is 3.39. The highest BCUT2D eigenvalue weighted by molar-refractivity contribution is 5.95. The molecule has 0 atom stereocenters. The summed E-state index contributed by atoms with van der Waals surface area (Å²) >= 11 is 0. The molecule has 0 radical (unpaired) electrons. The zero-order valence-electron chi connectivity index (χ0n) is 15.0. The van der Waals surface area contributed by atoms with Crippen molar-refractivity contribution in [2.75, 3.05) is 25.6 Å². The maximum atomic E-state index is 11.9. The topological polar surface area (TPSA) is 73.9 Å². The lowest BCUT2D eigenvalue weighted by Crippen LogP contribution is -2.20. The summed E-state index contributed by atoms with van der Waals surface area (Å²) in [5.74, 6) is 0.169. The number of nitrogens with one attached hydrogen (secondary N) is 1. The number of anilines is 1. The zero-order valence-corrected chi connectivity index (χ0v) is 15.0. The van der Waals surface area contributed by atoms with Crippen LogP contribution >= 0.6 is 0 Å². The summed E-state index contributed by atoms with van der Waals surface area (Å²) < 4.78 is 15.5. The average molecular weight is 367 g/mol. The van der Waals surface area contributed by atoms with E-state index < -0.39 is 18.5 Å². The number of methoxy groups -OCH3 is 1. The van der Waals surface area contributed by atoms with Gasteiger partial charge >= 0.3 is 5.97 Å². The second-order valence-corrected chi connectivity index (χ2v) is 5.36. The summed E-state index contributed by atoms with van der Waals surface area (Å²) in [5.41, 5.74) is 1.31. The number of rotatable bonds is 9. The molecule has 0 fully saturated rings. The SMILES string of the molecule is C=CCOc1ccc(/C=C/C(=O)OCC(=O)Nc2ccccc2OC)cc1. The lowest BCUT2D eigenvalue weighted by Gasteiger charge is -2.09. The van der Waals surface area contributed by atoms with E-state index in [0.29, 0.717) is 23.8 Å². The number of carbonyl (C=O) groups excluding carboxylic acids is 2. The maximum absolute atomic E-state index is 11.9. The van der Waals surface area contributed by atoms with Crippen LogP contribution in [0.1, 0.15) is 5.56 Å². The van der Waals surface area contributed by atoms with Crippen molar-refractivity contribution in [3.05, 3.63) is 72.8 Å². The van der Waals surface area contributed by atoms with Gasteiger partial charge < -0.3 is 19.5 Å². The Hall–Kier alpha value is -3.54. The number of amides is 1. The first-order valence-corrected chi connectivity index (χ1v) is 8.24. The number of benzene rings is 2. The molecule has 0 spiro atoms. The second kappa shape index (κ2) is 10.5. The van der Waals surface area contributed by atoms with Gasteiger partial charge in [-0.15, -0.1) is 0 Å². The van der Waals surface area contributed by atoms with Gasteiger partial charge in [-0.3, -0.25) is 4.79 Å². The highest BCUT2D eigenvalue weighted by atomic mass is 16.5. The van der Waals surface area contributed by atoms with Gasteiger partial charge in [0.2, 0.25) is 0 Å². The minimum Gasteiger partial charge on any atom is -0.495 e. The van der Waals surface area contributed by atoms with Crippen molar-refractivity contribution < 1.29 is 23.8 Å². The van der Waals surface area contributed by atoms with Crippen LogP contribution in [0.3, 0.4) is 0 Å². The largest absolute Gasteiger partial charge is 0.495 e. The fourth-order valence-corrected chi connectivity index (χ4v) is 2.11. The standard InChI is InChI=1S/C21H21NO5/c1-3-14-26-17-11-8-16(9-12-17)10-13-21(24)27-15-20(23)22-18-6-4-5-7-19(18)25-2/h3-13H,1,14-15H2,2H3,(H,22,23)/b13-10+. The highest BCUT2D eigenvalue weighted by Crippen LogP contribution is 2.22. The van der Waals surface area contributed by atoms with Crippen molar-refractivity contribution >= 4 is 23.6 Å². The van der Waals surface area contributed by atoms with E-state index in [-0.39, 0.29) is 0 Å². The minimum atomic E-state index is -0.614. The molecule has 2 aromatic carbocycles. The molecule has 1 N–H and O–H groups in total. The normalized spacial score (nSPS) is 10.3. The Morgan fingerprint density at radius 2 is 1.85 bits per heavy atom. The van der Waals surface area contributed by atoms with Crippen LogP contribution in [0.2, 0.25) is 0 Å². The predicted octanol–water partition coefficient (Wildman–Crippen LogP) is 3.46. The van der Waals surface area contributed by atoms with Gasteiger partial charge in [-0.25, -0.2) is 4.79 Å². The second-order valence-electron chi connectivity index (χ2n) is 5.36. The van der Waals surface area contributed by atoms with E-state index in [9.17, 15) is 9.59 Å². The fourth-order valence-electron chi connectivity index (χ4n) is 2.11. The van der Waals surface area contributed by atoms with Gasteiger partial charge in [-0.1, -0.05) is 36.9 Å². The fraction of sp³-hybridized carbons (Fsp3) is 0.143. The Kier molecular flexibility index (Phi) is 7.66. The van der Waals surface area contributed by atoms with Gasteiger partial charge in [-0.2, -0.15) is 0 Å². The van der Waals surface area contributed by atoms with Crippen LogP contribution in [0, 0.1) is 0 Å². The summed E-state index contributed by atoms with van der Waals surface area (Å²) in [6.45, 7) is 3.62. The molecule has 0 aliphatic heterocycles. The molecule has 140 valence electrons. The molecule has 6 heteroatoms. The van der Waals surface area contributed by atoms with E-state index in [1.165, 1.54) is 13.2 Å². The van der Waals surface area contributed by atoms with E-state index in [0.717, 1.165) is 5.56 Å². The number of ether oxygens (including phenoxy) is 3. The van der Waals surface area contributed by atoms with Gasteiger partial charge in [0, 0.05) is 6.08 Å². The van der Waals surface area contributed by atoms with Gasteiger partial charge in [0.15, 0.2) is 6.61 Å². The molecule has 2 rings (SSSR count).